The maximum absolute atomic E-state index is 10.7. The van der Waals surface area contributed by atoms with Crippen LogP contribution in [0, 0.1) is 6.92 Å². The van der Waals surface area contributed by atoms with Crippen molar-refractivity contribution in [2.45, 2.75) is 26.0 Å². The lowest BCUT2D eigenvalue weighted by Gasteiger charge is -2.06. The van der Waals surface area contributed by atoms with Crippen molar-refractivity contribution in [3.05, 3.63) is 34.9 Å². The van der Waals surface area contributed by atoms with Crippen LogP contribution in [0.3, 0.4) is 0 Å². The maximum atomic E-state index is 10.7. The Morgan fingerprint density at radius 1 is 1.47 bits per heavy atom. The highest BCUT2D eigenvalue weighted by atomic mass is 32.2. The second kappa shape index (κ2) is 5.81. The molecule has 0 aliphatic rings. The first-order chi connectivity index (χ1) is 7.15. The van der Waals surface area contributed by atoms with Crippen molar-refractivity contribution in [3.8, 4) is 0 Å². The molecule has 0 aliphatic carbocycles. The molecule has 1 rings (SSSR count). The molecule has 0 saturated heterocycles. The van der Waals surface area contributed by atoms with E-state index >= 15 is 0 Å². The monoisotopic (exact) mass is 224 g/mol. The van der Waals surface area contributed by atoms with Gasteiger partial charge in [-0.25, -0.2) is 4.79 Å². The lowest BCUT2D eigenvalue weighted by atomic mass is 10.1. The number of hydrogen-bond acceptors (Lipinski definition) is 2. The summed E-state index contributed by atoms with van der Waals surface area (Å²) in [5, 5.41) is 8.81. The first-order valence-electron chi connectivity index (χ1n) is 5.05. The summed E-state index contributed by atoms with van der Waals surface area (Å²) in [5.41, 5.74) is 2.67. The Balaban J connectivity index is 2.70. The Morgan fingerprint density at radius 3 is 2.73 bits per heavy atom. The number of rotatable bonds is 5. The molecule has 1 N–H and O–H groups in total. The third-order valence-corrected chi connectivity index (χ3v) is 3.41. The van der Waals surface area contributed by atoms with Crippen LogP contribution < -0.4 is 0 Å². The molecule has 0 atom stereocenters. The van der Waals surface area contributed by atoms with Crippen molar-refractivity contribution in [3.63, 3.8) is 0 Å². The third kappa shape index (κ3) is 3.59. The van der Waals surface area contributed by atoms with Crippen LogP contribution in [0.1, 0.15) is 34.8 Å². The standard InChI is InChI=1S/C12H16O2S/c1-3-6-15-8-11-5-4-10(12(13)14)7-9(11)2/h4-5,7H,3,6,8H2,1-2H3,(H,13,14). The smallest absolute Gasteiger partial charge is 0.335 e. The fraction of sp³-hybridized carbons (Fsp3) is 0.417. The van der Waals surface area contributed by atoms with E-state index in [9.17, 15) is 4.79 Å². The number of aromatic carboxylic acids is 1. The minimum Gasteiger partial charge on any atom is -0.478 e. The molecule has 0 aromatic heterocycles. The maximum Gasteiger partial charge on any atom is 0.335 e. The van der Waals surface area contributed by atoms with Crippen LogP contribution in [0.5, 0.6) is 0 Å². The summed E-state index contributed by atoms with van der Waals surface area (Å²) in [4.78, 5) is 10.7. The predicted octanol–water partition coefficient (Wildman–Crippen LogP) is 3.34. The van der Waals surface area contributed by atoms with Gasteiger partial charge in [0.2, 0.25) is 0 Å². The SMILES string of the molecule is CCCSCc1ccc(C(=O)O)cc1C. The Bertz CT molecular complexity index is 347. The summed E-state index contributed by atoms with van der Waals surface area (Å²) in [6.07, 6.45) is 1.18. The Hall–Kier alpha value is -0.960. The highest BCUT2D eigenvalue weighted by molar-refractivity contribution is 7.98. The molecule has 0 radical (unpaired) electrons. The van der Waals surface area contributed by atoms with Gasteiger partial charge in [0, 0.05) is 5.75 Å². The van der Waals surface area contributed by atoms with Crippen LogP contribution in [-0.2, 0) is 5.75 Å². The summed E-state index contributed by atoms with van der Waals surface area (Å²) in [7, 11) is 0. The largest absolute Gasteiger partial charge is 0.478 e. The second-order valence-electron chi connectivity index (χ2n) is 3.50. The van der Waals surface area contributed by atoms with Gasteiger partial charge < -0.3 is 5.11 Å². The molecular weight excluding hydrogens is 208 g/mol. The van der Waals surface area contributed by atoms with E-state index in [0.29, 0.717) is 5.56 Å². The number of aryl methyl sites for hydroxylation is 1. The van der Waals surface area contributed by atoms with E-state index in [1.807, 2.05) is 24.8 Å². The van der Waals surface area contributed by atoms with Crippen molar-refractivity contribution in [1.29, 1.82) is 0 Å². The molecule has 3 heteroatoms. The Morgan fingerprint density at radius 2 is 2.20 bits per heavy atom. The molecule has 0 heterocycles. The zero-order chi connectivity index (χ0) is 11.3. The molecule has 0 amide bonds. The minimum atomic E-state index is -0.856. The van der Waals surface area contributed by atoms with Crippen LogP contribution >= 0.6 is 11.8 Å². The predicted molar refractivity (Wildman–Crippen MR) is 64.6 cm³/mol. The zero-order valence-corrected chi connectivity index (χ0v) is 9.93. The van der Waals surface area contributed by atoms with Crippen LogP contribution in [0.4, 0.5) is 0 Å². The number of carbonyl (C=O) groups is 1. The van der Waals surface area contributed by atoms with Gasteiger partial charge in [-0.05, 0) is 42.4 Å². The molecule has 0 saturated carbocycles. The Labute approximate surface area is 94.7 Å². The molecule has 2 nitrogen and oxygen atoms in total. The number of hydrogen-bond donors (Lipinski definition) is 1. The van der Waals surface area contributed by atoms with E-state index < -0.39 is 5.97 Å². The number of carboxylic acid groups (broad SMARTS) is 1. The summed E-state index contributed by atoms with van der Waals surface area (Å²) in [5.74, 6) is 1.27. The van der Waals surface area contributed by atoms with Crippen molar-refractivity contribution in [2.24, 2.45) is 0 Å². The molecule has 0 spiro atoms. The fourth-order valence-corrected chi connectivity index (χ4v) is 2.29. The molecule has 0 unspecified atom stereocenters. The van der Waals surface area contributed by atoms with Crippen LogP contribution in [0.15, 0.2) is 18.2 Å². The van der Waals surface area contributed by atoms with E-state index in [0.717, 1.165) is 17.1 Å². The van der Waals surface area contributed by atoms with Gasteiger partial charge in [0.05, 0.1) is 5.56 Å². The molecule has 0 fully saturated rings. The second-order valence-corrected chi connectivity index (χ2v) is 4.60. The van der Waals surface area contributed by atoms with E-state index in [2.05, 4.69) is 6.92 Å². The van der Waals surface area contributed by atoms with Crippen molar-refractivity contribution < 1.29 is 9.90 Å². The van der Waals surface area contributed by atoms with E-state index in [1.165, 1.54) is 12.0 Å². The minimum absolute atomic E-state index is 0.372. The van der Waals surface area contributed by atoms with Gasteiger partial charge in [0.1, 0.15) is 0 Å². The lowest BCUT2D eigenvalue weighted by Crippen LogP contribution is -1.98. The van der Waals surface area contributed by atoms with E-state index in [-0.39, 0.29) is 0 Å². The summed E-state index contributed by atoms with van der Waals surface area (Å²) < 4.78 is 0. The molecule has 1 aromatic rings. The number of thioether (sulfide) groups is 1. The normalized spacial score (nSPS) is 10.3. The van der Waals surface area contributed by atoms with Gasteiger partial charge in [-0.2, -0.15) is 11.8 Å². The van der Waals surface area contributed by atoms with Gasteiger partial charge in [-0.3, -0.25) is 0 Å². The van der Waals surface area contributed by atoms with Crippen LogP contribution in [0.2, 0.25) is 0 Å². The molecule has 1 aromatic carbocycles. The molecular formula is C12H16O2S. The van der Waals surface area contributed by atoms with Crippen molar-refractivity contribution in [2.75, 3.05) is 5.75 Å². The van der Waals surface area contributed by atoms with E-state index in [4.69, 9.17) is 5.11 Å². The van der Waals surface area contributed by atoms with Crippen molar-refractivity contribution in [1.82, 2.24) is 0 Å². The zero-order valence-electron chi connectivity index (χ0n) is 9.12. The highest BCUT2D eigenvalue weighted by Gasteiger charge is 2.05. The first kappa shape index (κ1) is 12.1. The van der Waals surface area contributed by atoms with Crippen molar-refractivity contribution >= 4 is 17.7 Å². The van der Waals surface area contributed by atoms with Crippen LogP contribution in [-0.4, -0.2) is 16.8 Å². The van der Waals surface area contributed by atoms with Crippen LogP contribution in [0.25, 0.3) is 0 Å². The van der Waals surface area contributed by atoms with Gasteiger partial charge in [0.25, 0.3) is 0 Å². The molecule has 0 aliphatic heterocycles. The van der Waals surface area contributed by atoms with Gasteiger partial charge >= 0.3 is 5.97 Å². The molecule has 82 valence electrons. The molecule has 0 bridgehead atoms. The lowest BCUT2D eigenvalue weighted by molar-refractivity contribution is 0.0697. The van der Waals surface area contributed by atoms with Gasteiger partial charge in [-0.15, -0.1) is 0 Å². The summed E-state index contributed by atoms with van der Waals surface area (Å²) in [6, 6.07) is 5.34. The first-order valence-corrected chi connectivity index (χ1v) is 6.21. The average molecular weight is 224 g/mol. The van der Waals surface area contributed by atoms with Gasteiger partial charge in [-0.1, -0.05) is 13.0 Å². The number of carboxylic acids is 1. The summed E-state index contributed by atoms with van der Waals surface area (Å²) in [6.45, 7) is 4.13. The highest BCUT2D eigenvalue weighted by Crippen LogP contribution is 2.18. The quantitative estimate of drug-likeness (QED) is 0.779. The average Bonchev–Trinajstić information content (AvgIpc) is 2.20. The number of benzene rings is 1. The third-order valence-electron chi connectivity index (χ3n) is 2.20. The Kier molecular flexibility index (Phi) is 4.69. The summed E-state index contributed by atoms with van der Waals surface area (Å²) >= 11 is 1.89. The van der Waals surface area contributed by atoms with Gasteiger partial charge in [0.15, 0.2) is 0 Å². The fourth-order valence-electron chi connectivity index (χ4n) is 1.32. The topological polar surface area (TPSA) is 37.3 Å². The molecule has 15 heavy (non-hydrogen) atoms. The van der Waals surface area contributed by atoms with E-state index in [1.54, 1.807) is 12.1 Å².